The summed E-state index contributed by atoms with van der Waals surface area (Å²) in [6.45, 7) is 2.12. The number of anilines is 1. The van der Waals surface area contributed by atoms with Crippen molar-refractivity contribution in [3.05, 3.63) is 93.6 Å². The van der Waals surface area contributed by atoms with E-state index in [9.17, 15) is 9.59 Å². The molecule has 0 aromatic heterocycles. The van der Waals surface area contributed by atoms with E-state index in [4.69, 9.17) is 9.47 Å². The van der Waals surface area contributed by atoms with Crippen LogP contribution in [-0.4, -0.2) is 18.6 Å². The number of amides is 2. The van der Waals surface area contributed by atoms with Gasteiger partial charge >= 0.3 is 0 Å². The molecule has 1 aliphatic rings. The van der Waals surface area contributed by atoms with Gasteiger partial charge < -0.3 is 20.1 Å². The zero-order valence-corrected chi connectivity index (χ0v) is 18.2. The highest BCUT2D eigenvalue weighted by Gasteiger charge is 2.18. The number of rotatable bonds is 5. The summed E-state index contributed by atoms with van der Waals surface area (Å²) in [5.74, 6) is 0.379. The molecule has 2 amide bonds. The quantitative estimate of drug-likeness (QED) is 0.511. The number of carbonyl (C=O) groups is 2. The zero-order valence-electron chi connectivity index (χ0n) is 16.6. The average Bonchev–Trinajstić information content (AvgIpc) is 3.23. The number of nitrogens with one attached hydrogen (secondary N) is 2. The zero-order chi connectivity index (χ0) is 21.8. The molecular weight excluding hydrogens is 460 g/mol. The Morgan fingerprint density at radius 2 is 1.71 bits per heavy atom. The van der Waals surface area contributed by atoms with Crippen molar-refractivity contribution < 1.29 is 19.1 Å². The van der Waals surface area contributed by atoms with Gasteiger partial charge in [0.2, 0.25) is 6.79 Å². The lowest BCUT2D eigenvalue weighted by Crippen LogP contribution is -2.31. The second-order valence-corrected chi connectivity index (χ2v) is 7.78. The molecular formula is C24H19BrN2O4. The number of halogens is 1. The molecule has 0 saturated heterocycles. The van der Waals surface area contributed by atoms with Crippen LogP contribution in [0.5, 0.6) is 11.5 Å². The van der Waals surface area contributed by atoms with Gasteiger partial charge in [-0.25, -0.2) is 0 Å². The summed E-state index contributed by atoms with van der Waals surface area (Å²) in [5.41, 5.74) is 2.91. The predicted molar refractivity (Wildman–Crippen MR) is 122 cm³/mol. The first-order valence-corrected chi connectivity index (χ1v) is 10.3. The van der Waals surface area contributed by atoms with Gasteiger partial charge in [-0.2, -0.15) is 0 Å². The van der Waals surface area contributed by atoms with Gasteiger partial charge in [0.15, 0.2) is 11.5 Å². The molecule has 4 rings (SSSR count). The number of benzene rings is 3. The Morgan fingerprint density at radius 1 is 0.968 bits per heavy atom. The van der Waals surface area contributed by atoms with E-state index in [1.807, 2.05) is 25.1 Å². The van der Waals surface area contributed by atoms with Crippen molar-refractivity contribution in [2.75, 3.05) is 12.1 Å². The molecule has 0 bridgehead atoms. The topological polar surface area (TPSA) is 76.7 Å². The summed E-state index contributed by atoms with van der Waals surface area (Å²) >= 11 is 3.37. The van der Waals surface area contributed by atoms with E-state index >= 15 is 0 Å². The molecule has 2 N–H and O–H groups in total. The number of aryl methyl sites for hydroxylation is 1. The van der Waals surface area contributed by atoms with Gasteiger partial charge in [-0.15, -0.1) is 0 Å². The normalized spacial score (nSPS) is 12.4. The summed E-state index contributed by atoms with van der Waals surface area (Å²) in [6, 6.07) is 19.7. The second-order valence-electron chi connectivity index (χ2n) is 6.92. The maximum absolute atomic E-state index is 13.0. The molecule has 1 heterocycles. The summed E-state index contributed by atoms with van der Waals surface area (Å²) in [4.78, 5) is 25.9. The van der Waals surface area contributed by atoms with E-state index in [2.05, 4.69) is 26.6 Å². The van der Waals surface area contributed by atoms with Crippen LogP contribution in [0.25, 0.3) is 6.08 Å². The Labute approximate surface area is 188 Å². The molecule has 156 valence electrons. The van der Waals surface area contributed by atoms with Crippen LogP contribution in [-0.2, 0) is 4.79 Å². The highest BCUT2D eigenvalue weighted by molar-refractivity contribution is 9.10. The summed E-state index contributed by atoms with van der Waals surface area (Å²) < 4.78 is 11.4. The third-order valence-electron chi connectivity index (χ3n) is 4.63. The molecule has 31 heavy (non-hydrogen) atoms. The molecule has 7 heteroatoms. The van der Waals surface area contributed by atoms with Gasteiger partial charge in [-0.1, -0.05) is 35.9 Å². The first-order chi connectivity index (χ1) is 15.0. The van der Waals surface area contributed by atoms with Crippen LogP contribution in [0.15, 0.2) is 76.9 Å². The summed E-state index contributed by atoms with van der Waals surface area (Å²) in [6.07, 6.45) is 1.60. The smallest absolute Gasteiger partial charge is 0.272 e. The van der Waals surface area contributed by atoms with Crippen molar-refractivity contribution >= 4 is 39.5 Å². The molecule has 0 radical (unpaired) electrons. The number of hydrogen-bond acceptors (Lipinski definition) is 4. The Kier molecular flexibility index (Phi) is 6.04. The lowest BCUT2D eigenvalue weighted by atomic mass is 10.1. The highest BCUT2D eigenvalue weighted by atomic mass is 79.9. The van der Waals surface area contributed by atoms with Gasteiger partial charge in [0, 0.05) is 10.2 Å². The minimum absolute atomic E-state index is 0.0974. The number of hydrogen-bond donors (Lipinski definition) is 2. The maximum atomic E-state index is 13.0. The molecule has 3 aromatic rings. The van der Waals surface area contributed by atoms with Crippen LogP contribution in [0, 0.1) is 6.92 Å². The van der Waals surface area contributed by atoms with Crippen molar-refractivity contribution in [1.29, 1.82) is 0 Å². The lowest BCUT2D eigenvalue weighted by Gasteiger charge is -2.12. The highest BCUT2D eigenvalue weighted by Crippen LogP contribution is 2.33. The van der Waals surface area contributed by atoms with E-state index < -0.39 is 11.8 Å². The monoisotopic (exact) mass is 478 g/mol. The van der Waals surface area contributed by atoms with Crippen molar-refractivity contribution in [3.63, 3.8) is 0 Å². The molecule has 0 spiro atoms. The summed E-state index contributed by atoms with van der Waals surface area (Å²) in [5, 5.41) is 5.55. The van der Waals surface area contributed by atoms with Crippen LogP contribution in [0.1, 0.15) is 21.5 Å². The van der Waals surface area contributed by atoms with Gasteiger partial charge in [-0.3, -0.25) is 9.59 Å². The average molecular weight is 479 g/mol. The van der Waals surface area contributed by atoms with Crippen molar-refractivity contribution in [1.82, 2.24) is 5.32 Å². The third kappa shape index (κ3) is 4.95. The summed E-state index contributed by atoms with van der Waals surface area (Å²) in [7, 11) is 0. The minimum atomic E-state index is -0.443. The van der Waals surface area contributed by atoms with Gasteiger partial charge in [0.1, 0.15) is 5.70 Å². The Hall–Kier alpha value is -3.58. The maximum Gasteiger partial charge on any atom is 0.272 e. The fourth-order valence-electron chi connectivity index (χ4n) is 3.00. The van der Waals surface area contributed by atoms with Crippen LogP contribution >= 0.6 is 15.9 Å². The van der Waals surface area contributed by atoms with Crippen LogP contribution < -0.4 is 20.1 Å². The Balaban J connectivity index is 1.64. The first kappa shape index (κ1) is 20.7. The fraction of sp³-hybridized carbons (Fsp3) is 0.0833. The van der Waals surface area contributed by atoms with E-state index in [-0.39, 0.29) is 12.5 Å². The van der Waals surface area contributed by atoms with E-state index in [1.54, 1.807) is 54.6 Å². The van der Waals surface area contributed by atoms with E-state index in [0.29, 0.717) is 32.8 Å². The first-order valence-electron chi connectivity index (χ1n) is 9.55. The van der Waals surface area contributed by atoms with Gasteiger partial charge in [0.25, 0.3) is 11.8 Å². The fourth-order valence-corrected chi connectivity index (χ4v) is 3.46. The third-order valence-corrected chi connectivity index (χ3v) is 5.32. The molecule has 1 aliphatic heterocycles. The minimum Gasteiger partial charge on any atom is -0.454 e. The van der Waals surface area contributed by atoms with Crippen LogP contribution in [0.4, 0.5) is 5.69 Å². The molecule has 0 unspecified atom stereocenters. The number of fused-ring (bicyclic) bond motifs is 1. The van der Waals surface area contributed by atoms with Crippen LogP contribution in [0.2, 0.25) is 0 Å². The lowest BCUT2D eigenvalue weighted by molar-refractivity contribution is -0.113. The largest absolute Gasteiger partial charge is 0.454 e. The number of carbonyl (C=O) groups excluding carboxylic acids is 2. The molecule has 3 aromatic carbocycles. The predicted octanol–water partition coefficient (Wildman–Crippen LogP) is 4.90. The van der Waals surface area contributed by atoms with Crippen LogP contribution in [0.3, 0.4) is 0 Å². The second kappa shape index (κ2) is 9.06. The van der Waals surface area contributed by atoms with Crippen molar-refractivity contribution in [3.8, 4) is 11.5 Å². The molecule has 0 aliphatic carbocycles. The van der Waals surface area contributed by atoms with E-state index in [1.165, 1.54) is 0 Å². The molecule has 0 atom stereocenters. The van der Waals surface area contributed by atoms with Crippen molar-refractivity contribution in [2.45, 2.75) is 6.92 Å². The number of ether oxygens (including phenoxy) is 2. The SMILES string of the molecule is Cc1ccc(NC(=O)/C(=C/c2ccc3c(c2)OCO3)NC(=O)c2ccccc2Br)cc1. The standard InChI is InChI=1S/C24H19BrN2O4/c1-15-6-9-17(10-7-15)26-24(29)20(27-23(28)18-4-2-3-5-19(18)25)12-16-8-11-21-22(13-16)31-14-30-21/h2-13H,14H2,1H3,(H,26,29)(H,27,28)/b20-12-. The van der Waals surface area contributed by atoms with Gasteiger partial charge in [0.05, 0.1) is 5.56 Å². The molecule has 6 nitrogen and oxygen atoms in total. The molecule has 0 saturated carbocycles. The van der Waals surface area contributed by atoms with Gasteiger partial charge in [-0.05, 0) is 70.9 Å². The molecule has 0 fully saturated rings. The van der Waals surface area contributed by atoms with E-state index in [0.717, 1.165) is 5.56 Å². The Bertz CT molecular complexity index is 1170. The Morgan fingerprint density at radius 3 is 2.48 bits per heavy atom. The van der Waals surface area contributed by atoms with Crippen molar-refractivity contribution in [2.24, 2.45) is 0 Å².